The average molecular weight is 385 g/mol. The Hall–Kier alpha value is -3.54. The SMILES string of the molecule is c1ccc([C@H]2Oc3ccccc3[C@@H]3CC(c4ccc5c(c4)OCCO5)=NN23)nc1. The zero-order valence-electron chi connectivity index (χ0n) is 15.7. The van der Waals surface area contributed by atoms with Crippen molar-refractivity contribution >= 4 is 5.71 Å². The first-order valence-corrected chi connectivity index (χ1v) is 9.79. The number of nitrogens with zero attached hydrogens (tertiary/aromatic N) is 3. The average Bonchev–Trinajstić information content (AvgIpc) is 3.25. The van der Waals surface area contributed by atoms with Gasteiger partial charge in [0.2, 0.25) is 6.23 Å². The Bertz CT molecular complexity index is 1100. The molecule has 0 bridgehead atoms. The first kappa shape index (κ1) is 16.4. The molecule has 6 heteroatoms. The third-order valence-corrected chi connectivity index (χ3v) is 5.52. The number of rotatable bonds is 2. The maximum absolute atomic E-state index is 6.32. The number of ether oxygens (including phenoxy) is 3. The standard InChI is InChI=1S/C23H19N3O3/c1-2-7-20-16(5-1)19-14-18(15-8-9-21-22(13-15)28-12-11-27-21)25-26(19)23(29-20)17-6-3-4-10-24-17/h1-10,13,19,23H,11-12,14H2/t19-,23+/m0/s1. The maximum Gasteiger partial charge on any atom is 0.230 e. The molecule has 144 valence electrons. The zero-order chi connectivity index (χ0) is 19.2. The molecule has 6 rings (SSSR count). The number of aromatic nitrogens is 1. The largest absolute Gasteiger partial charge is 0.486 e. The minimum absolute atomic E-state index is 0.107. The first-order chi connectivity index (χ1) is 14.4. The molecule has 3 aliphatic rings. The second-order valence-corrected chi connectivity index (χ2v) is 7.27. The second kappa shape index (κ2) is 6.51. The molecular formula is C23H19N3O3. The van der Waals surface area contributed by atoms with Crippen molar-refractivity contribution in [3.05, 3.63) is 83.7 Å². The topological polar surface area (TPSA) is 56.2 Å². The molecule has 3 aliphatic heterocycles. The summed E-state index contributed by atoms with van der Waals surface area (Å²) >= 11 is 0. The monoisotopic (exact) mass is 385 g/mol. The first-order valence-electron chi connectivity index (χ1n) is 9.79. The van der Waals surface area contributed by atoms with Crippen molar-refractivity contribution < 1.29 is 14.2 Å². The van der Waals surface area contributed by atoms with Crippen LogP contribution in [-0.2, 0) is 0 Å². The predicted molar refractivity (Wildman–Crippen MR) is 107 cm³/mol. The Morgan fingerprint density at radius 1 is 0.862 bits per heavy atom. The van der Waals surface area contributed by atoms with Gasteiger partial charge in [-0.25, -0.2) is 5.01 Å². The summed E-state index contributed by atoms with van der Waals surface area (Å²) in [5.41, 5.74) is 4.05. The third-order valence-electron chi connectivity index (χ3n) is 5.52. The van der Waals surface area contributed by atoms with Crippen LogP contribution in [0.3, 0.4) is 0 Å². The highest BCUT2D eigenvalue weighted by Gasteiger charge is 2.41. The molecule has 0 radical (unpaired) electrons. The molecule has 0 saturated carbocycles. The van der Waals surface area contributed by atoms with Crippen LogP contribution >= 0.6 is 0 Å². The Morgan fingerprint density at radius 3 is 2.62 bits per heavy atom. The third kappa shape index (κ3) is 2.71. The highest BCUT2D eigenvalue weighted by Crippen LogP contribution is 2.47. The van der Waals surface area contributed by atoms with Crippen molar-refractivity contribution in [1.82, 2.24) is 9.99 Å². The van der Waals surface area contributed by atoms with Gasteiger partial charge in [0.05, 0.1) is 11.8 Å². The Kier molecular flexibility index (Phi) is 3.69. The molecule has 0 fully saturated rings. The number of fused-ring (bicyclic) bond motifs is 4. The highest BCUT2D eigenvalue weighted by atomic mass is 16.6. The fourth-order valence-electron chi connectivity index (χ4n) is 4.15. The van der Waals surface area contributed by atoms with Crippen molar-refractivity contribution in [2.24, 2.45) is 5.10 Å². The van der Waals surface area contributed by atoms with Gasteiger partial charge in [0.15, 0.2) is 11.5 Å². The van der Waals surface area contributed by atoms with Crippen LogP contribution in [0.4, 0.5) is 0 Å². The molecule has 0 saturated heterocycles. The van der Waals surface area contributed by atoms with E-state index < -0.39 is 0 Å². The van der Waals surface area contributed by atoms with Gasteiger partial charge < -0.3 is 14.2 Å². The van der Waals surface area contributed by atoms with E-state index >= 15 is 0 Å². The second-order valence-electron chi connectivity index (χ2n) is 7.27. The molecule has 0 N–H and O–H groups in total. The number of pyridine rings is 1. The molecule has 0 amide bonds. The fraction of sp³-hybridized carbons (Fsp3) is 0.217. The van der Waals surface area contributed by atoms with E-state index in [2.05, 4.69) is 11.1 Å². The summed E-state index contributed by atoms with van der Waals surface area (Å²) < 4.78 is 17.7. The van der Waals surface area contributed by atoms with Gasteiger partial charge in [0.25, 0.3) is 0 Å². The van der Waals surface area contributed by atoms with E-state index in [1.54, 1.807) is 6.20 Å². The molecule has 1 aromatic heterocycles. The van der Waals surface area contributed by atoms with Crippen LogP contribution in [0.1, 0.15) is 35.5 Å². The van der Waals surface area contributed by atoms with E-state index in [0.717, 1.165) is 46.2 Å². The fourth-order valence-corrected chi connectivity index (χ4v) is 4.15. The number of para-hydroxylation sites is 1. The Morgan fingerprint density at radius 2 is 1.72 bits per heavy atom. The van der Waals surface area contributed by atoms with Gasteiger partial charge in [-0.1, -0.05) is 24.3 Å². The van der Waals surface area contributed by atoms with Crippen molar-refractivity contribution in [3.63, 3.8) is 0 Å². The number of hydrazone groups is 1. The van der Waals surface area contributed by atoms with Crippen molar-refractivity contribution in [2.45, 2.75) is 18.7 Å². The molecule has 2 atom stereocenters. The summed E-state index contributed by atoms with van der Waals surface area (Å²) in [6.07, 6.45) is 2.23. The van der Waals surface area contributed by atoms with Crippen molar-refractivity contribution in [2.75, 3.05) is 13.2 Å². The number of benzene rings is 2. The molecule has 6 nitrogen and oxygen atoms in total. The molecule has 0 spiro atoms. The summed E-state index contributed by atoms with van der Waals surface area (Å²) in [6.45, 7) is 1.16. The van der Waals surface area contributed by atoms with Crippen LogP contribution in [0.2, 0.25) is 0 Å². The van der Waals surface area contributed by atoms with E-state index in [9.17, 15) is 0 Å². The smallest absolute Gasteiger partial charge is 0.230 e. The van der Waals surface area contributed by atoms with Crippen molar-refractivity contribution in [3.8, 4) is 17.2 Å². The van der Waals surface area contributed by atoms with E-state index in [1.165, 1.54) is 0 Å². The van der Waals surface area contributed by atoms with E-state index in [1.807, 2.05) is 59.6 Å². The zero-order valence-corrected chi connectivity index (χ0v) is 15.7. The highest BCUT2D eigenvalue weighted by molar-refractivity contribution is 6.02. The number of hydrogen-bond donors (Lipinski definition) is 0. The number of hydrogen-bond acceptors (Lipinski definition) is 6. The summed E-state index contributed by atoms with van der Waals surface area (Å²) in [4.78, 5) is 4.52. The van der Waals surface area contributed by atoms with Crippen LogP contribution in [0, 0.1) is 0 Å². The lowest BCUT2D eigenvalue weighted by Crippen LogP contribution is -2.34. The molecule has 2 aromatic carbocycles. The lowest BCUT2D eigenvalue weighted by molar-refractivity contribution is -0.0218. The lowest BCUT2D eigenvalue weighted by Gasteiger charge is -2.37. The van der Waals surface area contributed by atoms with Gasteiger partial charge in [-0.2, -0.15) is 5.10 Å². The van der Waals surface area contributed by atoms with Gasteiger partial charge in [-0.3, -0.25) is 4.98 Å². The van der Waals surface area contributed by atoms with Crippen LogP contribution in [0.15, 0.2) is 72.0 Å². The molecule has 3 aromatic rings. The molecule has 29 heavy (non-hydrogen) atoms. The summed E-state index contributed by atoms with van der Waals surface area (Å²) in [5, 5.41) is 7.01. The normalized spacial score (nSPS) is 21.7. The van der Waals surface area contributed by atoms with E-state index in [4.69, 9.17) is 19.3 Å². The van der Waals surface area contributed by atoms with Gasteiger partial charge in [-0.05, 0) is 36.4 Å². The molecular weight excluding hydrogens is 366 g/mol. The minimum Gasteiger partial charge on any atom is -0.486 e. The van der Waals surface area contributed by atoms with Gasteiger partial charge >= 0.3 is 0 Å². The molecule has 4 heterocycles. The van der Waals surface area contributed by atoms with Crippen LogP contribution in [0.25, 0.3) is 0 Å². The van der Waals surface area contributed by atoms with Gasteiger partial charge in [-0.15, -0.1) is 0 Å². The summed E-state index contributed by atoms with van der Waals surface area (Å²) in [6, 6.07) is 20.2. The molecule has 0 aliphatic carbocycles. The van der Waals surface area contributed by atoms with Crippen LogP contribution in [-0.4, -0.2) is 28.9 Å². The lowest BCUT2D eigenvalue weighted by atomic mass is 9.96. The maximum atomic E-state index is 6.32. The minimum atomic E-state index is -0.356. The summed E-state index contributed by atoms with van der Waals surface area (Å²) in [5.74, 6) is 2.46. The Balaban J connectivity index is 1.42. The van der Waals surface area contributed by atoms with Crippen LogP contribution < -0.4 is 14.2 Å². The van der Waals surface area contributed by atoms with Crippen LogP contribution in [0.5, 0.6) is 17.2 Å². The van der Waals surface area contributed by atoms with Gasteiger partial charge in [0.1, 0.15) is 24.7 Å². The quantitative estimate of drug-likeness (QED) is 0.665. The van der Waals surface area contributed by atoms with Gasteiger partial charge in [0, 0.05) is 23.7 Å². The van der Waals surface area contributed by atoms with E-state index in [-0.39, 0.29) is 12.3 Å². The predicted octanol–water partition coefficient (Wildman–Crippen LogP) is 4.10. The van der Waals surface area contributed by atoms with Crippen molar-refractivity contribution in [1.29, 1.82) is 0 Å². The van der Waals surface area contributed by atoms with E-state index in [0.29, 0.717) is 13.2 Å². The molecule has 0 unspecified atom stereocenters. The summed E-state index contributed by atoms with van der Waals surface area (Å²) in [7, 11) is 0. The Labute approximate surface area is 168 Å².